The van der Waals surface area contributed by atoms with E-state index in [1.54, 1.807) is 0 Å². The molecular formula is C25H37N5. The standard InChI is InChI=1S/C25H37N5/c1-4-26-25(28-21(2)24-9-6-5-7-10-24)27-19-22-11-13-23(14-12-22)20-30-16-8-15-29(3)17-18-30/h5-7,9-14,21H,4,8,15-20H2,1-3H3,(H2,26,27,28). The molecule has 1 aliphatic heterocycles. The van der Waals surface area contributed by atoms with Crippen LogP contribution in [-0.4, -0.2) is 55.5 Å². The van der Waals surface area contributed by atoms with Crippen molar-refractivity contribution in [1.82, 2.24) is 20.4 Å². The topological polar surface area (TPSA) is 42.9 Å². The highest BCUT2D eigenvalue weighted by molar-refractivity contribution is 5.80. The highest BCUT2D eigenvalue weighted by Gasteiger charge is 2.12. The Morgan fingerprint density at radius 2 is 1.70 bits per heavy atom. The average molecular weight is 408 g/mol. The fourth-order valence-electron chi connectivity index (χ4n) is 3.79. The first-order chi connectivity index (χ1) is 14.6. The number of likely N-dealkylation sites (N-methyl/N-ethyl adjacent to an activating group) is 1. The lowest BCUT2D eigenvalue weighted by Gasteiger charge is -2.20. The minimum Gasteiger partial charge on any atom is -0.357 e. The Balaban J connectivity index is 1.55. The van der Waals surface area contributed by atoms with E-state index in [0.717, 1.165) is 32.1 Å². The molecule has 0 aliphatic carbocycles. The maximum absolute atomic E-state index is 4.79. The Morgan fingerprint density at radius 3 is 2.43 bits per heavy atom. The normalized spacial score (nSPS) is 17.4. The van der Waals surface area contributed by atoms with Gasteiger partial charge < -0.3 is 15.5 Å². The summed E-state index contributed by atoms with van der Waals surface area (Å²) in [5.74, 6) is 0.853. The Morgan fingerprint density at radius 1 is 0.967 bits per heavy atom. The van der Waals surface area contributed by atoms with E-state index in [0.29, 0.717) is 6.54 Å². The smallest absolute Gasteiger partial charge is 0.192 e. The van der Waals surface area contributed by atoms with Gasteiger partial charge in [-0.2, -0.15) is 0 Å². The van der Waals surface area contributed by atoms with Gasteiger partial charge in [-0.15, -0.1) is 0 Å². The van der Waals surface area contributed by atoms with E-state index < -0.39 is 0 Å². The first-order valence-electron chi connectivity index (χ1n) is 11.2. The van der Waals surface area contributed by atoms with Gasteiger partial charge in [0.05, 0.1) is 12.6 Å². The van der Waals surface area contributed by atoms with E-state index in [-0.39, 0.29) is 6.04 Å². The van der Waals surface area contributed by atoms with Crippen molar-refractivity contribution >= 4 is 5.96 Å². The number of nitrogens with one attached hydrogen (secondary N) is 2. The summed E-state index contributed by atoms with van der Waals surface area (Å²) in [6, 6.07) is 19.6. The first kappa shape index (κ1) is 22.3. The molecule has 2 aromatic rings. The number of hydrogen-bond acceptors (Lipinski definition) is 3. The maximum Gasteiger partial charge on any atom is 0.192 e. The van der Waals surface area contributed by atoms with E-state index in [9.17, 15) is 0 Å². The Kier molecular flexibility index (Phi) is 8.72. The quantitative estimate of drug-likeness (QED) is 0.543. The van der Waals surface area contributed by atoms with Crippen molar-refractivity contribution in [3.05, 3.63) is 71.3 Å². The van der Waals surface area contributed by atoms with Gasteiger partial charge in [-0.3, -0.25) is 4.90 Å². The molecule has 1 atom stereocenters. The van der Waals surface area contributed by atoms with Gasteiger partial charge in [-0.05, 0) is 57.1 Å². The molecule has 3 rings (SSSR count). The van der Waals surface area contributed by atoms with E-state index in [1.165, 1.54) is 36.2 Å². The summed E-state index contributed by atoms with van der Waals surface area (Å²) >= 11 is 0. The van der Waals surface area contributed by atoms with Crippen LogP contribution >= 0.6 is 0 Å². The Hall–Kier alpha value is -2.37. The van der Waals surface area contributed by atoms with Crippen LogP contribution in [0.3, 0.4) is 0 Å². The van der Waals surface area contributed by atoms with Crippen LogP contribution in [0.25, 0.3) is 0 Å². The fourth-order valence-corrected chi connectivity index (χ4v) is 3.79. The van der Waals surface area contributed by atoms with E-state index >= 15 is 0 Å². The summed E-state index contributed by atoms with van der Waals surface area (Å²) < 4.78 is 0. The van der Waals surface area contributed by atoms with Crippen molar-refractivity contribution in [2.75, 3.05) is 39.8 Å². The summed E-state index contributed by atoms with van der Waals surface area (Å²) in [6.07, 6.45) is 1.25. The largest absolute Gasteiger partial charge is 0.357 e. The molecule has 0 amide bonds. The molecule has 1 saturated heterocycles. The third kappa shape index (κ3) is 7.15. The molecule has 30 heavy (non-hydrogen) atoms. The molecule has 1 fully saturated rings. The van der Waals surface area contributed by atoms with Crippen LogP contribution in [0.5, 0.6) is 0 Å². The molecule has 5 nitrogen and oxygen atoms in total. The average Bonchev–Trinajstić information content (AvgIpc) is 2.97. The summed E-state index contributed by atoms with van der Waals surface area (Å²) in [4.78, 5) is 9.78. The zero-order chi connectivity index (χ0) is 21.2. The van der Waals surface area contributed by atoms with Crippen LogP contribution in [0.4, 0.5) is 0 Å². The number of aliphatic imine (C=N–C) groups is 1. The van der Waals surface area contributed by atoms with Crippen LogP contribution in [0, 0.1) is 0 Å². The van der Waals surface area contributed by atoms with Gasteiger partial charge in [0.1, 0.15) is 0 Å². The molecule has 5 heteroatoms. The summed E-state index contributed by atoms with van der Waals surface area (Å²) in [5, 5.41) is 6.86. The first-order valence-corrected chi connectivity index (χ1v) is 11.2. The molecule has 162 valence electrons. The summed E-state index contributed by atoms with van der Waals surface area (Å²) in [6.45, 7) is 11.5. The lowest BCUT2D eigenvalue weighted by Crippen LogP contribution is -2.38. The van der Waals surface area contributed by atoms with E-state index in [4.69, 9.17) is 4.99 Å². The number of rotatable bonds is 7. The molecular weight excluding hydrogens is 370 g/mol. The molecule has 1 heterocycles. The Bertz CT molecular complexity index is 772. The van der Waals surface area contributed by atoms with Crippen molar-refractivity contribution in [2.24, 2.45) is 4.99 Å². The predicted molar refractivity (Wildman–Crippen MR) is 127 cm³/mol. The van der Waals surface area contributed by atoms with Crippen molar-refractivity contribution in [3.8, 4) is 0 Å². The number of benzene rings is 2. The Labute approximate surface area is 182 Å². The third-order valence-corrected chi connectivity index (χ3v) is 5.66. The fraction of sp³-hybridized carbons (Fsp3) is 0.480. The van der Waals surface area contributed by atoms with Crippen LogP contribution in [0.2, 0.25) is 0 Å². The monoisotopic (exact) mass is 407 g/mol. The van der Waals surface area contributed by atoms with Crippen molar-refractivity contribution in [1.29, 1.82) is 0 Å². The highest BCUT2D eigenvalue weighted by atomic mass is 15.2. The molecule has 1 aliphatic rings. The van der Waals surface area contributed by atoms with Crippen molar-refractivity contribution in [3.63, 3.8) is 0 Å². The number of guanidine groups is 1. The van der Waals surface area contributed by atoms with Gasteiger partial charge in [0.15, 0.2) is 5.96 Å². The van der Waals surface area contributed by atoms with Gasteiger partial charge in [-0.1, -0.05) is 54.6 Å². The van der Waals surface area contributed by atoms with Gasteiger partial charge in [-0.25, -0.2) is 4.99 Å². The number of nitrogens with zero attached hydrogens (tertiary/aromatic N) is 3. The summed E-state index contributed by atoms with van der Waals surface area (Å²) in [7, 11) is 2.22. The highest BCUT2D eigenvalue weighted by Crippen LogP contribution is 2.12. The lowest BCUT2D eigenvalue weighted by atomic mass is 10.1. The predicted octanol–water partition coefficient (Wildman–Crippen LogP) is 3.64. The molecule has 0 bridgehead atoms. The second-order valence-electron chi connectivity index (χ2n) is 8.22. The van der Waals surface area contributed by atoms with E-state index in [1.807, 2.05) is 6.07 Å². The summed E-state index contributed by atoms with van der Waals surface area (Å²) in [5.41, 5.74) is 3.88. The van der Waals surface area contributed by atoms with Gasteiger partial charge in [0.25, 0.3) is 0 Å². The molecule has 0 aromatic heterocycles. The molecule has 0 saturated carbocycles. The molecule has 2 aromatic carbocycles. The zero-order valence-electron chi connectivity index (χ0n) is 18.8. The van der Waals surface area contributed by atoms with Crippen molar-refractivity contribution in [2.45, 2.75) is 39.4 Å². The van der Waals surface area contributed by atoms with Crippen molar-refractivity contribution < 1.29 is 0 Å². The van der Waals surface area contributed by atoms with Crippen LogP contribution in [0.1, 0.15) is 43.0 Å². The maximum atomic E-state index is 4.79. The van der Waals surface area contributed by atoms with Gasteiger partial charge in [0.2, 0.25) is 0 Å². The molecule has 1 unspecified atom stereocenters. The van der Waals surface area contributed by atoms with Crippen LogP contribution < -0.4 is 10.6 Å². The molecule has 0 radical (unpaired) electrons. The third-order valence-electron chi connectivity index (χ3n) is 5.66. The minimum absolute atomic E-state index is 0.207. The second-order valence-corrected chi connectivity index (χ2v) is 8.22. The number of hydrogen-bond donors (Lipinski definition) is 2. The second kappa shape index (κ2) is 11.7. The van der Waals surface area contributed by atoms with Gasteiger partial charge in [0, 0.05) is 26.2 Å². The van der Waals surface area contributed by atoms with Crippen LogP contribution in [0.15, 0.2) is 59.6 Å². The molecule has 2 N–H and O–H groups in total. The molecule has 0 spiro atoms. The lowest BCUT2D eigenvalue weighted by molar-refractivity contribution is 0.269. The van der Waals surface area contributed by atoms with Gasteiger partial charge >= 0.3 is 0 Å². The minimum atomic E-state index is 0.207. The zero-order valence-corrected chi connectivity index (χ0v) is 18.8. The van der Waals surface area contributed by atoms with Crippen LogP contribution in [-0.2, 0) is 13.1 Å². The van der Waals surface area contributed by atoms with E-state index in [2.05, 4.69) is 89.9 Å². The SMILES string of the molecule is CCNC(=NCc1ccc(CN2CCCN(C)CC2)cc1)NC(C)c1ccccc1.